The summed E-state index contributed by atoms with van der Waals surface area (Å²) in [6.07, 6.45) is 4.47. The van der Waals surface area contributed by atoms with Crippen LogP contribution in [0.2, 0.25) is 0 Å². The highest BCUT2D eigenvalue weighted by molar-refractivity contribution is 5.97. The molecule has 1 N–H and O–H groups in total. The van der Waals surface area contributed by atoms with Crippen molar-refractivity contribution in [1.82, 2.24) is 0 Å². The smallest absolute Gasteiger partial charge is 0.340 e. The summed E-state index contributed by atoms with van der Waals surface area (Å²) < 4.78 is 5.35. The van der Waals surface area contributed by atoms with Crippen molar-refractivity contribution in [3.8, 4) is 0 Å². The molecule has 1 aromatic carbocycles. The maximum Gasteiger partial charge on any atom is 0.340 e. The number of anilines is 2. The molecule has 1 aromatic rings. The molecule has 0 unspecified atom stereocenters. The number of nitrogens with zero attached hydrogens (tertiary/aromatic N) is 1. The standard InChI is InChI=1S/C17H26N2O2/c1-4-11-21-17(20)15-12-14(18-3)8-9-16(15)19-10-6-5-7-13(19)2/h8-9,12-13,18H,4-7,10-11H2,1-3H3/t13-/m1/s1. The number of hydrogen-bond donors (Lipinski definition) is 1. The molecule has 0 spiro atoms. The summed E-state index contributed by atoms with van der Waals surface area (Å²) in [7, 11) is 1.86. The molecule has 1 saturated heterocycles. The van der Waals surface area contributed by atoms with Gasteiger partial charge in [0.05, 0.1) is 17.9 Å². The topological polar surface area (TPSA) is 41.6 Å². The Balaban J connectivity index is 2.32. The summed E-state index contributed by atoms with van der Waals surface area (Å²) in [5.74, 6) is -0.221. The Kier molecular flexibility index (Phi) is 5.48. The van der Waals surface area contributed by atoms with Crippen molar-refractivity contribution >= 4 is 17.3 Å². The SMILES string of the molecule is CCCOC(=O)c1cc(NC)ccc1N1CCCC[C@H]1C. The van der Waals surface area contributed by atoms with E-state index in [4.69, 9.17) is 4.74 Å². The van der Waals surface area contributed by atoms with Crippen molar-refractivity contribution in [2.24, 2.45) is 0 Å². The summed E-state index contributed by atoms with van der Waals surface area (Å²) >= 11 is 0. The molecule has 1 heterocycles. The van der Waals surface area contributed by atoms with Gasteiger partial charge in [-0.2, -0.15) is 0 Å². The van der Waals surface area contributed by atoms with E-state index in [-0.39, 0.29) is 5.97 Å². The molecule has 0 saturated carbocycles. The third kappa shape index (κ3) is 3.69. The number of piperidine rings is 1. The van der Waals surface area contributed by atoms with Gasteiger partial charge in [0.15, 0.2) is 0 Å². The minimum atomic E-state index is -0.221. The average molecular weight is 290 g/mol. The van der Waals surface area contributed by atoms with E-state index in [1.54, 1.807) is 0 Å². The summed E-state index contributed by atoms with van der Waals surface area (Å²) in [5, 5.41) is 3.09. The lowest BCUT2D eigenvalue weighted by Crippen LogP contribution is -2.38. The Hall–Kier alpha value is -1.71. The number of benzene rings is 1. The fourth-order valence-electron chi connectivity index (χ4n) is 2.83. The third-order valence-electron chi connectivity index (χ3n) is 4.05. The van der Waals surface area contributed by atoms with Crippen molar-refractivity contribution in [2.75, 3.05) is 30.4 Å². The number of esters is 1. The number of carbonyl (C=O) groups excluding carboxylic acids is 1. The number of carbonyl (C=O) groups is 1. The van der Waals surface area contributed by atoms with Crippen LogP contribution in [0.15, 0.2) is 18.2 Å². The van der Waals surface area contributed by atoms with Crippen molar-refractivity contribution < 1.29 is 9.53 Å². The Labute approximate surface area is 127 Å². The maximum atomic E-state index is 12.4. The zero-order valence-electron chi connectivity index (χ0n) is 13.3. The van der Waals surface area contributed by atoms with E-state index in [1.807, 2.05) is 32.2 Å². The van der Waals surface area contributed by atoms with Crippen molar-refractivity contribution in [2.45, 2.75) is 45.6 Å². The Morgan fingerprint density at radius 2 is 2.24 bits per heavy atom. The van der Waals surface area contributed by atoms with Crippen molar-refractivity contribution in [3.63, 3.8) is 0 Å². The molecular weight excluding hydrogens is 264 g/mol. The van der Waals surface area contributed by atoms with Gasteiger partial charge in [0, 0.05) is 25.3 Å². The van der Waals surface area contributed by atoms with Gasteiger partial charge in [-0.15, -0.1) is 0 Å². The number of nitrogens with one attached hydrogen (secondary N) is 1. The van der Waals surface area contributed by atoms with Crippen LogP contribution in [0.4, 0.5) is 11.4 Å². The molecule has 1 atom stereocenters. The molecule has 116 valence electrons. The third-order valence-corrected chi connectivity index (χ3v) is 4.05. The number of hydrogen-bond acceptors (Lipinski definition) is 4. The van der Waals surface area contributed by atoms with Crippen LogP contribution in [0.25, 0.3) is 0 Å². The predicted molar refractivity (Wildman–Crippen MR) is 87.2 cm³/mol. The van der Waals surface area contributed by atoms with Gasteiger partial charge in [-0.05, 0) is 50.8 Å². The molecule has 0 aromatic heterocycles. The van der Waals surface area contributed by atoms with Gasteiger partial charge < -0.3 is 15.0 Å². The first-order valence-electron chi connectivity index (χ1n) is 7.93. The van der Waals surface area contributed by atoms with E-state index in [0.29, 0.717) is 18.2 Å². The van der Waals surface area contributed by atoms with Crippen LogP contribution in [-0.2, 0) is 4.74 Å². The second-order valence-corrected chi connectivity index (χ2v) is 5.66. The first kappa shape index (κ1) is 15.7. The molecule has 1 aliphatic heterocycles. The van der Waals surface area contributed by atoms with Gasteiger partial charge >= 0.3 is 5.97 Å². The van der Waals surface area contributed by atoms with Gasteiger partial charge in [0.1, 0.15) is 0 Å². The van der Waals surface area contributed by atoms with Crippen LogP contribution in [0.3, 0.4) is 0 Å². The summed E-state index contributed by atoms with van der Waals surface area (Å²) in [6, 6.07) is 6.43. The molecule has 4 nitrogen and oxygen atoms in total. The summed E-state index contributed by atoms with van der Waals surface area (Å²) in [6.45, 7) is 5.71. The van der Waals surface area contributed by atoms with E-state index in [0.717, 1.165) is 24.3 Å². The Morgan fingerprint density at radius 3 is 2.90 bits per heavy atom. The Morgan fingerprint density at radius 1 is 1.43 bits per heavy atom. The molecule has 1 fully saturated rings. The largest absolute Gasteiger partial charge is 0.462 e. The maximum absolute atomic E-state index is 12.4. The van der Waals surface area contributed by atoms with E-state index in [2.05, 4.69) is 17.1 Å². The predicted octanol–water partition coefficient (Wildman–Crippen LogP) is 3.67. The van der Waals surface area contributed by atoms with Crippen molar-refractivity contribution in [3.05, 3.63) is 23.8 Å². The van der Waals surface area contributed by atoms with Crippen molar-refractivity contribution in [1.29, 1.82) is 0 Å². The van der Waals surface area contributed by atoms with Gasteiger partial charge in [-0.3, -0.25) is 0 Å². The molecule has 21 heavy (non-hydrogen) atoms. The highest BCUT2D eigenvalue weighted by Gasteiger charge is 2.24. The van der Waals surface area contributed by atoms with Gasteiger partial charge in [-0.25, -0.2) is 4.79 Å². The molecule has 1 aliphatic rings. The van der Waals surface area contributed by atoms with E-state index < -0.39 is 0 Å². The second kappa shape index (κ2) is 7.34. The number of rotatable bonds is 5. The lowest BCUT2D eigenvalue weighted by Gasteiger charge is -2.36. The van der Waals surface area contributed by atoms with Gasteiger partial charge in [-0.1, -0.05) is 6.92 Å². The summed E-state index contributed by atoms with van der Waals surface area (Å²) in [4.78, 5) is 14.7. The normalized spacial score (nSPS) is 18.4. The lowest BCUT2D eigenvalue weighted by atomic mass is 10.0. The molecule has 0 aliphatic carbocycles. The highest BCUT2D eigenvalue weighted by Crippen LogP contribution is 2.30. The molecule has 0 bridgehead atoms. The molecule has 2 rings (SSSR count). The molecule has 0 radical (unpaired) electrons. The fourth-order valence-corrected chi connectivity index (χ4v) is 2.83. The van der Waals surface area contributed by atoms with E-state index in [1.165, 1.54) is 19.3 Å². The van der Waals surface area contributed by atoms with Crippen LogP contribution in [0.5, 0.6) is 0 Å². The van der Waals surface area contributed by atoms with Crippen LogP contribution in [0.1, 0.15) is 49.9 Å². The van der Waals surface area contributed by atoms with E-state index in [9.17, 15) is 4.79 Å². The summed E-state index contributed by atoms with van der Waals surface area (Å²) in [5.41, 5.74) is 2.61. The average Bonchev–Trinajstić information content (AvgIpc) is 2.52. The number of ether oxygens (including phenoxy) is 1. The van der Waals surface area contributed by atoms with Crippen LogP contribution in [0, 0.1) is 0 Å². The zero-order valence-corrected chi connectivity index (χ0v) is 13.3. The minimum absolute atomic E-state index is 0.221. The van der Waals surface area contributed by atoms with Crippen LogP contribution >= 0.6 is 0 Å². The van der Waals surface area contributed by atoms with Crippen LogP contribution < -0.4 is 10.2 Å². The van der Waals surface area contributed by atoms with Gasteiger partial charge in [0.25, 0.3) is 0 Å². The molecule has 4 heteroatoms. The van der Waals surface area contributed by atoms with E-state index >= 15 is 0 Å². The quantitative estimate of drug-likeness (QED) is 0.840. The first-order chi connectivity index (χ1) is 10.2. The molecule has 0 amide bonds. The lowest BCUT2D eigenvalue weighted by molar-refractivity contribution is 0.0505. The van der Waals surface area contributed by atoms with Crippen LogP contribution in [-0.4, -0.2) is 32.2 Å². The fraction of sp³-hybridized carbons (Fsp3) is 0.588. The zero-order chi connectivity index (χ0) is 15.2. The Bertz CT molecular complexity index is 488. The monoisotopic (exact) mass is 290 g/mol. The second-order valence-electron chi connectivity index (χ2n) is 5.66. The van der Waals surface area contributed by atoms with Gasteiger partial charge in [0.2, 0.25) is 0 Å². The first-order valence-corrected chi connectivity index (χ1v) is 7.93. The molecular formula is C17H26N2O2. The minimum Gasteiger partial charge on any atom is -0.462 e. The highest BCUT2D eigenvalue weighted by atomic mass is 16.5.